The van der Waals surface area contributed by atoms with Crippen LogP contribution >= 0.6 is 0 Å². The maximum atomic E-state index is 13.7. The first-order chi connectivity index (χ1) is 14.5. The summed E-state index contributed by atoms with van der Waals surface area (Å²) in [5.41, 5.74) is 0.0835. The van der Waals surface area contributed by atoms with Gasteiger partial charge in [-0.2, -0.15) is 0 Å². The molecule has 162 valence electrons. The number of ether oxygens (including phenoxy) is 1. The number of rotatable bonds is 6. The lowest BCUT2D eigenvalue weighted by Gasteiger charge is -2.11. The molecule has 0 fully saturated rings. The van der Waals surface area contributed by atoms with Crippen LogP contribution in [0.2, 0.25) is 0 Å². The SMILES string of the molecule is O=C(Nc1ccc(OC(F)(F)F)cc1)c1ccc(S(=O)(=O)Nc2ccccc2F)cc1. The molecule has 31 heavy (non-hydrogen) atoms. The van der Waals surface area contributed by atoms with Crippen LogP contribution in [0.5, 0.6) is 5.75 Å². The Hall–Kier alpha value is -3.60. The number of carbonyl (C=O) groups is 1. The number of amides is 1. The molecule has 3 aromatic carbocycles. The maximum absolute atomic E-state index is 13.7. The van der Waals surface area contributed by atoms with Crippen molar-refractivity contribution in [2.24, 2.45) is 0 Å². The van der Waals surface area contributed by atoms with E-state index in [0.717, 1.165) is 18.2 Å². The number of carbonyl (C=O) groups excluding carboxylic acids is 1. The fraction of sp³-hybridized carbons (Fsp3) is 0.0500. The molecular formula is C20H14F4N2O4S. The van der Waals surface area contributed by atoms with Crippen molar-refractivity contribution < 1.29 is 35.5 Å². The molecule has 0 spiro atoms. The van der Waals surface area contributed by atoms with E-state index in [1.807, 2.05) is 0 Å². The number of alkyl halides is 3. The van der Waals surface area contributed by atoms with Crippen molar-refractivity contribution >= 4 is 27.3 Å². The average molecular weight is 454 g/mol. The Bertz CT molecular complexity index is 1180. The quantitative estimate of drug-likeness (QED) is 0.525. The minimum absolute atomic E-state index is 0.0976. The fourth-order valence-corrected chi connectivity index (χ4v) is 3.54. The molecule has 0 saturated carbocycles. The third-order valence-corrected chi connectivity index (χ3v) is 5.27. The maximum Gasteiger partial charge on any atom is 0.573 e. The van der Waals surface area contributed by atoms with Crippen LogP contribution in [0.3, 0.4) is 0 Å². The van der Waals surface area contributed by atoms with Crippen LogP contribution in [-0.4, -0.2) is 20.7 Å². The second-order valence-corrected chi connectivity index (χ2v) is 7.82. The Kier molecular flexibility index (Phi) is 6.16. The van der Waals surface area contributed by atoms with Gasteiger partial charge in [-0.15, -0.1) is 13.2 Å². The molecule has 0 aromatic heterocycles. The number of nitrogens with one attached hydrogen (secondary N) is 2. The molecule has 0 heterocycles. The van der Waals surface area contributed by atoms with Crippen molar-refractivity contribution in [2.45, 2.75) is 11.3 Å². The standard InChI is InChI=1S/C20H14F4N2O4S/c21-17-3-1-2-4-18(17)26-31(28,29)16-11-5-13(6-12-16)19(27)25-14-7-9-15(10-8-14)30-20(22,23)24/h1-12,26H,(H,25,27). The summed E-state index contributed by atoms with van der Waals surface area (Å²) in [6.07, 6.45) is -4.83. The second-order valence-electron chi connectivity index (χ2n) is 6.14. The number of halogens is 4. The largest absolute Gasteiger partial charge is 0.573 e. The van der Waals surface area contributed by atoms with Gasteiger partial charge in [-0.1, -0.05) is 12.1 Å². The Morgan fingerprint density at radius 2 is 1.48 bits per heavy atom. The minimum atomic E-state index is -4.83. The van der Waals surface area contributed by atoms with Crippen LogP contribution in [0.25, 0.3) is 0 Å². The molecule has 0 unspecified atom stereocenters. The van der Waals surface area contributed by atoms with Gasteiger partial charge in [-0.05, 0) is 60.7 Å². The second kappa shape index (κ2) is 8.64. The third kappa shape index (κ3) is 5.95. The minimum Gasteiger partial charge on any atom is -0.406 e. The summed E-state index contributed by atoms with van der Waals surface area (Å²) in [7, 11) is -4.08. The predicted molar refractivity (Wildman–Crippen MR) is 105 cm³/mol. The lowest BCUT2D eigenvalue weighted by atomic mass is 10.2. The van der Waals surface area contributed by atoms with Crippen molar-refractivity contribution in [2.75, 3.05) is 10.0 Å². The van der Waals surface area contributed by atoms with Crippen molar-refractivity contribution in [1.29, 1.82) is 0 Å². The highest BCUT2D eigenvalue weighted by atomic mass is 32.2. The normalized spacial score (nSPS) is 11.6. The first-order valence-electron chi connectivity index (χ1n) is 8.58. The van der Waals surface area contributed by atoms with E-state index < -0.39 is 33.9 Å². The lowest BCUT2D eigenvalue weighted by molar-refractivity contribution is -0.274. The van der Waals surface area contributed by atoms with E-state index >= 15 is 0 Å². The van der Waals surface area contributed by atoms with Gasteiger partial charge in [0, 0.05) is 11.3 Å². The van der Waals surface area contributed by atoms with E-state index in [1.165, 1.54) is 54.6 Å². The van der Waals surface area contributed by atoms with E-state index in [1.54, 1.807) is 0 Å². The Labute approximate surface area is 174 Å². The molecule has 2 N–H and O–H groups in total. The van der Waals surface area contributed by atoms with Gasteiger partial charge >= 0.3 is 6.36 Å². The van der Waals surface area contributed by atoms with Gasteiger partial charge in [-0.25, -0.2) is 12.8 Å². The van der Waals surface area contributed by atoms with Crippen LogP contribution in [-0.2, 0) is 10.0 Å². The van der Waals surface area contributed by atoms with Crippen LogP contribution in [0, 0.1) is 5.82 Å². The van der Waals surface area contributed by atoms with E-state index in [2.05, 4.69) is 14.8 Å². The number of sulfonamides is 1. The molecular weight excluding hydrogens is 440 g/mol. The van der Waals surface area contributed by atoms with Gasteiger partial charge in [0.2, 0.25) is 0 Å². The first-order valence-corrected chi connectivity index (χ1v) is 10.1. The average Bonchev–Trinajstić information content (AvgIpc) is 2.70. The van der Waals surface area contributed by atoms with Crippen molar-refractivity contribution in [3.05, 3.63) is 84.2 Å². The van der Waals surface area contributed by atoms with Crippen LogP contribution in [0.1, 0.15) is 10.4 Å². The number of para-hydroxylation sites is 1. The van der Waals surface area contributed by atoms with Crippen LogP contribution in [0.15, 0.2) is 77.7 Å². The molecule has 0 aliphatic rings. The van der Waals surface area contributed by atoms with E-state index in [9.17, 15) is 30.8 Å². The monoisotopic (exact) mass is 454 g/mol. The zero-order valence-corrected chi connectivity index (χ0v) is 16.3. The molecule has 0 aliphatic heterocycles. The number of benzene rings is 3. The smallest absolute Gasteiger partial charge is 0.406 e. The highest BCUT2D eigenvalue weighted by molar-refractivity contribution is 7.92. The zero-order valence-electron chi connectivity index (χ0n) is 15.5. The highest BCUT2D eigenvalue weighted by Crippen LogP contribution is 2.24. The van der Waals surface area contributed by atoms with Crippen molar-refractivity contribution in [3.8, 4) is 5.75 Å². The highest BCUT2D eigenvalue weighted by Gasteiger charge is 2.31. The molecule has 0 bridgehead atoms. The van der Waals surface area contributed by atoms with E-state index in [-0.39, 0.29) is 21.8 Å². The number of hydrogen-bond donors (Lipinski definition) is 2. The molecule has 3 aromatic rings. The summed E-state index contributed by atoms with van der Waals surface area (Å²) in [5.74, 6) is -1.80. The molecule has 0 radical (unpaired) electrons. The summed E-state index contributed by atoms with van der Waals surface area (Å²) < 4.78 is 80.8. The summed E-state index contributed by atoms with van der Waals surface area (Å²) in [4.78, 5) is 12.1. The Morgan fingerprint density at radius 3 is 2.06 bits per heavy atom. The Balaban J connectivity index is 1.68. The molecule has 11 heteroatoms. The van der Waals surface area contributed by atoms with Crippen molar-refractivity contribution in [1.82, 2.24) is 0 Å². The molecule has 6 nitrogen and oxygen atoms in total. The summed E-state index contributed by atoms with van der Waals surface area (Å²) in [6, 6.07) is 14.6. The predicted octanol–water partition coefficient (Wildman–Crippen LogP) is 4.78. The molecule has 0 saturated heterocycles. The molecule has 3 rings (SSSR count). The van der Waals surface area contributed by atoms with Gasteiger partial charge < -0.3 is 10.1 Å². The van der Waals surface area contributed by atoms with Gasteiger partial charge in [-0.3, -0.25) is 9.52 Å². The van der Waals surface area contributed by atoms with Crippen LogP contribution < -0.4 is 14.8 Å². The van der Waals surface area contributed by atoms with E-state index in [4.69, 9.17) is 0 Å². The first kappa shape index (κ1) is 22.1. The third-order valence-electron chi connectivity index (χ3n) is 3.89. The topological polar surface area (TPSA) is 84.5 Å². The lowest BCUT2D eigenvalue weighted by Crippen LogP contribution is -2.17. The van der Waals surface area contributed by atoms with Gasteiger partial charge in [0.15, 0.2) is 0 Å². The number of hydrogen-bond acceptors (Lipinski definition) is 4. The summed E-state index contributed by atoms with van der Waals surface area (Å²) in [5, 5.41) is 2.46. The fourth-order valence-electron chi connectivity index (χ4n) is 2.48. The molecule has 0 atom stereocenters. The van der Waals surface area contributed by atoms with Gasteiger partial charge in [0.25, 0.3) is 15.9 Å². The van der Waals surface area contributed by atoms with Crippen LogP contribution in [0.4, 0.5) is 28.9 Å². The number of anilines is 2. The zero-order chi connectivity index (χ0) is 22.6. The summed E-state index contributed by atoms with van der Waals surface area (Å²) >= 11 is 0. The van der Waals surface area contributed by atoms with E-state index in [0.29, 0.717) is 0 Å². The molecule has 1 amide bonds. The van der Waals surface area contributed by atoms with Gasteiger partial charge in [0.1, 0.15) is 11.6 Å². The molecule has 0 aliphatic carbocycles. The summed E-state index contributed by atoms with van der Waals surface area (Å²) in [6.45, 7) is 0. The van der Waals surface area contributed by atoms with Crippen molar-refractivity contribution in [3.63, 3.8) is 0 Å². The Morgan fingerprint density at radius 1 is 0.871 bits per heavy atom. The van der Waals surface area contributed by atoms with Gasteiger partial charge in [0.05, 0.1) is 10.6 Å².